The van der Waals surface area contributed by atoms with Gasteiger partial charge < -0.3 is 4.90 Å². The van der Waals surface area contributed by atoms with Crippen molar-refractivity contribution in [3.8, 4) is 0 Å². The maximum absolute atomic E-state index is 12.5. The summed E-state index contributed by atoms with van der Waals surface area (Å²) in [5, 5.41) is 3.35. The first-order chi connectivity index (χ1) is 11.3. The Morgan fingerprint density at radius 1 is 1.22 bits per heavy atom. The fourth-order valence-electron chi connectivity index (χ4n) is 2.82. The SMILES string of the molecule is CCc1nc(CN2CCCN(C(=O)c3ccncc3)CC2)cs1. The van der Waals surface area contributed by atoms with E-state index in [0.29, 0.717) is 0 Å². The van der Waals surface area contributed by atoms with Crippen molar-refractivity contribution in [2.24, 2.45) is 0 Å². The van der Waals surface area contributed by atoms with Gasteiger partial charge in [0, 0.05) is 56.1 Å². The van der Waals surface area contributed by atoms with E-state index in [0.717, 1.165) is 56.8 Å². The predicted molar refractivity (Wildman–Crippen MR) is 91.5 cm³/mol. The molecule has 1 aliphatic heterocycles. The fraction of sp³-hybridized carbons (Fsp3) is 0.471. The Bertz CT molecular complexity index is 643. The summed E-state index contributed by atoms with van der Waals surface area (Å²) < 4.78 is 0. The van der Waals surface area contributed by atoms with Gasteiger partial charge in [0.05, 0.1) is 10.7 Å². The van der Waals surface area contributed by atoms with Gasteiger partial charge in [-0.1, -0.05) is 6.92 Å². The third-order valence-electron chi connectivity index (χ3n) is 4.09. The molecule has 3 rings (SSSR count). The van der Waals surface area contributed by atoms with Gasteiger partial charge in [0.2, 0.25) is 0 Å². The zero-order valence-electron chi connectivity index (χ0n) is 13.4. The van der Waals surface area contributed by atoms with E-state index < -0.39 is 0 Å². The molecule has 0 aliphatic carbocycles. The highest BCUT2D eigenvalue weighted by atomic mass is 32.1. The molecule has 5 nitrogen and oxygen atoms in total. The molecule has 0 atom stereocenters. The van der Waals surface area contributed by atoms with E-state index in [1.807, 2.05) is 4.90 Å². The first-order valence-electron chi connectivity index (χ1n) is 8.11. The summed E-state index contributed by atoms with van der Waals surface area (Å²) in [6, 6.07) is 3.57. The van der Waals surface area contributed by atoms with E-state index >= 15 is 0 Å². The third kappa shape index (κ3) is 4.14. The number of rotatable bonds is 4. The molecule has 0 bridgehead atoms. The van der Waals surface area contributed by atoms with Gasteiger partial charge in [-0.05, 0) is 25.0 Å². The van der Waals surface area contributed by atoms with Crippen molar-refractivity contribution >= 4 is 17.2 Å². The lowest BCUT2D eigenvalue weighted by molar-refractivity contribution is 0.0761. The smallest absolute Gasteiger partial charge is 0.254 e. The first kappa shape index (κ1) is 16.1. The van der Waals surface area contributed by atoms with Gasteiger partial charge in [0.25, 0.3) is 5.91 Å². The van der Waals surface area contributed by atoms with Gasteiger partial charge in [-0.15, -0.1) is 11.3 Å². The number of hydrogen-bond donors (Lipinski definition) is 0. The average Bonchev–Trinajstić information content (AvgIpc) is 2.92. The Kier molecular flexibility index (Phi) is 5.35. The molecule has 1 aliphatic rings. The zero-order chi connectivity index (χ0) is 16.1. The monoisotopic (exact) mass is 330 g/mol. The molecule has 2 aromatic heterocycles. The molecule has 23 heavy (non-hydrogen) atoms. The molecule has 1 amide bonds. The summed E-state index contributed by atoms with van der Waals surface area (Å²) in [6.07, 6.45) is 5.34. The summed E-state index contributed by atoms with van der Waals surface area (Å²) in [7, 11) is 0. The van der Waals surface area contributed by atoms with Crippen molar-refractivity contribution in [3.63, 3.8) is 0 Å². The van der Waals surface area contributed by atoms with Crippen molar-refractivity contribution in [2.75, 3.05) is 26.2 Å². The predicted octanol–water partition coefficient (Wildman–Crippen LogP) is 2.45. The standard InChI is InChI=1S/C17H22N4OS/c1-2-16-19-15(13-23-16)12-20-8-3-9-21(11-10-20)17(22)14-4-6-18-7-5-14/h4-7,13H,2-3,8-12H2,1H3. The highest BCUT2D eigenvalue weighted by Crippen LogP contribution is 2.14. The molecular weight excluding hydrogens is 308 g/mol. The van der Waals surface area contributed by atoms with Gasteiger partial charge in [-0.25, -0.2) is 4.98 Å². The largest absolute Gasteiger partial charge is 0.337 e. The Morgan fingerprint density at radius 3 is 2.78 bits per heavy atom. The van der Waals surface area contributed by atoms with Crippen molar-refractivity contribution in [2.45, 2.75) is 26.3 Å². The Balaban J connectivity index is 1.57. The molecule has 2 aromatic rings. The van der Waals surface area contributed by atoms with E-state index in [1.54, 1.807) is 35.9 Å². The van der Waals surface area contributed by atoms with E-state index in [9.17, 15) is 4.79 Å². The van der Waals surface area contributed by atoms with Crippen LogP contribution in [0.3, 0.4) is 0 Å². The van der Waals surface area contributed by atoms with E-state index in [-0.39, 0.29) is 5.91 Å². The second-order valence-electron chi connectivity index (χ2n) is 5.74. The molecule has 0 unspecified atom stereocenters. The molecule has 0 aromatic carbocycles. The van der Waals surface area contributed by atoms with E-state index in [2.05, 4.69) is 27.2 Å². The minimum atomic E-state index is 0.108. The van der Waals surface area contributed by atoms with Gasteiger partial charge in [0.1, 0.15) is 0 Å². The van der Waals surface area contributed by atoms with Gasteiger partial charge in [0.15, 0.2) is 0 Å². The van der Waals surface area contributed by atoms with Crippen LogP contribution in [-0.2, 0) is 13.0 Å². The van der Waals surface area contributed by atoms with E-state index in [4.69, 9.17) is 0 Å². The van der Waals surface area contributed by atoms with Crippen LogP contribution >= 0.6 is 11.3 Å². The maximum atomic E-state index is 12.5. The van der Waals surface area contributed by atoms with Crippen LogP contribution in [0.25, 0.3) is 0 Å². The number of aromatic nitrogens is 2. The fourth-order valence-corrected chi connectivity index (χ4v) is 3.56. The highest BCUT2D eigenvalue weighted by molar-refractivity contribution is 7.09. The topological polar surface area (TPSA) is 49.3 Å². The molecule has 0 spiro atoms. The third-order valence-corrected chi connectivity index (χ3v) is 5.13. The van der Waals surface area contributed by atoms with Crippen LogP contribution in [0, 0.1) is 0 Å². The first-order valence-corrected chi connectivity index (χ1v) is 8.99. The quantitative estimate of drug-likeness (QED) is 0.864. The van der Waals surface area contributed by atoms with Crippen LogP contribution in [0.15, 0.2) is 29.9 Å². The maximum Gasteiger partial charge on any atom is 0.254 e. The van der Waals surface area contributed by atoms with Crippen LogP contribution in [0.5, 0.6) is 0 Å². The lowest BCUT2D eigenvalue weighted by Gasteiger charge is -2.21. The van der Waals surface area contributed by atoms with Crippen LogP contribution in [0.1, 0.15) is 34.4 Å². The summed E-state index contributed by atoms with van der Waals surface area (Å²) in [4.78, 5) is 25.5. The zero-order valence-corrected chi connectivity index (χ0v) is 14.3. The number of carbonyl (C=O) groups excluding carboxylic acids is 1. The number of aryl methyl sites for hydroxylation is 1. The average molecular weight is 330 g/mol. The number of hydrogen-bond acceptors (Lipinski definition) is 5. The van der Waals surface area contributed by atoms with Crippen molar-refractivity contribution in [1.29, 1.82) is 0 Å². The van der Waals surface area contributed by atoms with E-state index in [1.165, 1.54) is 5.01 Å². The number of carbonyl (C=O) groups is 1. The van der Waals surface area contributed by atoms with Gasteiger partial charge in [-0.3, -0.25) is 14.7 Å². The van der Waals surface area contributed by atoms with Crippen LogP contribution in [0.2, 0.25) is 0 Å². The number of amides is 1. The van der Waals surface area contributed by atoms with Crippen LogP contribution in [0.4, 0.5) is 0 Å². The number of thiazole rings is 1. The molecule has 0 N–H and O–H groups in total. The lowest BCUT2D eigenvalue weighted by atomic mass is 10.2. The molecule has 0 radical (unpaired) electrons. The highest BCUT2D eigenvalue weighted by Gasteiger charge is 2.20. The molecule has 1 fully saturated rings. The van der Waals surface area contributed by atoms with Crippen molar-refractivity contribution in [1.82, 2.24) is 19.8 Å². The normalized spacial score (nSPS) is 16.3. The second-order valence-corrected chi connectivity index (χ2v) is 6.69. The molecule has 122 valence electrons. The van der Waals surface area contributed by atoms with Crippen LogP contribution in [-0.4, -0.2) is 51.9 Å². The number of pyridine rings is 1. The molecular formula is C17H22N4OS. The molecule has 6 heteroatoms. The second kappa shape index (κ2) is 7.66. The Labute approximate surface area is 141 Å². The minimum absolute atomic E-state index is 0.108. The molecule has 3 heterocycles. The van der Waals surface area contributed by atoms with Crippen molar-refractivity contribution < 1.29 is 4.79 Å². The van der Waals surface area contributed by atoms with Crippen LogP contribution < -0.4 is 0 Å². The molecule has 0 saturated carbocycles. The molecule has 1 saturated heterocycles. The lowest BCUT2D eigenvalue weighted by Crippen LogP contribution is -2.35. The summed E-state index contributed by atoms with van der Waals surface area (Å²) in [6.45, 7) is 6.51. The van der Waals surface area contributed by atoms with Gasteiger partial charge in [-0.2, -0.15) is 0 Å². The summed E-state index contributed by atoms with van der Waals surface area (Å²) in [5.74, 6) is 0.108. The van der Waals surface area contributed by atoms with Crippen molar-refractivity contribution in [3.05, 3.63) is 46.2 Å². The number of nitrogens with zero attached hydrogens (tertiary/aromatic N) is 4. The Hall–Kier alpha value is -1.79. The Morgan fingerprint density at radius 2 is 2.04 bits per heavy atom. The summed E-state index contributed by atoms with van der Waals surface area (Å²) in [5.41, 5.74) is 1.88. The minimum Gasteiger partial charge on any atom is -0.337 e. The van der Waals surface area contributed by atoms with Gasteiger partial charge >= 0.3 is 0 Å². The summed E-state index contributed by atoms with van der Waals surface area (Å²) >= 11 is 1.74.